The SMILES string of the molecule is CCCCOc1cnccc1C(=O)O. The van der Waals surface area contributed by atoms with Crippen LogP contribution in [0.25, 0.3) is 0 Å². The maximum atomic E-state index is 10.7. The second-order valence-electron chi connectivity index (χ2n) is 2.88. The lowest BCUT2D eigenvalue weighted by molar-refractivity contribution is 0.0692. The Labute approximate surface area is 82.5 Å². The Morgan fingerprint density at radius 1 is 1.64 bits per heavy atom. The van der Waals surface area contributed by atoms with Gasteiger partial charge in [-0.25, -0.2) is 4.79 Å². The summed E-state index contributed by atoms with van der Waals surface area (Å²) in [5, 5.41) is 8.81. The van der Waals surface area contributed by atoms with E-state index in [-0.39, 0.29) is 5.56 Å². The van der Waals surface area contributed by atoms with E-state index in [4.69, 9.17) is 9.84 Å². The van der Waals surface area contributed by atoms with Gasteiger partial charge in [-0.15, -0.1) is 0 Å². The maximum Gasteiger partial charge on any atom is 0.339 e. The summed E-state index contributed by atoms with van der Waals surface area (Å²) in [5.41, 5.74) is 0.163. The van der Waals surface area contributed by atoms with Crippen molar-refractivity contribution in [2.24, 2.45) is 0 Å². The van der Waals surface area contributed by atoms with Crippen molar-refractivity contribution in [3.8, 4) is 5.75 Å². The molecule has 1 aromatic heterocycles. The van der Waals surface area contributed by atoms with Gasteiger partial charge in [0.2, 0.25) is 0 Å². The molecule has 0 fully saturated rings. The van der Waals surface area contributed by atoms with Crippen LogP contribution in [0.5, 0.6) is 5.75 Å². The van der Waals surface area contributed by atoms with Crippen molar-refractivity contribution >= 4 is 5.97 Å². The van der Waals surface area contributed by atoms with Gasteiger partial charge in [0.25, 0.3) is 0 Å². The zero-order valence-electron chi connectivity index (χ0n) is 8.06. The van der Waals surface area contributed by atoms with Gasteiger partial charge in [0.1, 0.15) is 5.56 Å². The second kappa shape index (κ2) is 5.21. The van der Waals surface area contributed by atoms with Crippen molar-refractivity contribution in [1.82, 2.24) is 4.98 Å². The van der Waals surface area contributed by atoms with Crippen LogP contribution in [0, 0.1) is 0 Å². The fourth-order valence-corrected chi connectivity index (χ4v) is 0.998. The van der Waals surface area contributed by atoms with Crippen LogP contribution in [-0.2, 0) is 0 Å². The average Bonchev–Trinajstić information content (AvgIpc) is 2.19. The van der Waals surface area contributed by atoms with E-state index >= 15 is 0 Å². The van der Waals surface area contributed by atoms with E-state index in [0.717, 1.165) is 12.8 Å². The molecule has 1 rings (SSSR count). The Kier molecular flexibility index (Phi) is 3.91. The number of pyridine rings is 1. The lowest BCUT2D eigenvalue weighted by atomic mass is 10.2. The third-order valence-electron chi connectivity index (χ3n) is 1.77. The Morgan fingerprint density at radius 2 is 2.43 bits per heavy atom. The van der Waals surface area contributed by atoms with Crippen LogP contribution < -0.4 is 4.74 Å². The average molecular weight is 195 g/mol. The third-order valence-corrected chi connectivity index (χ3v) is 1.77. The first-order valence-corrected chi connectivity index (χ1v) is 4.55. The van der Waals surface area contributed by atoms with Gasteiger partial charge >= 0.3 is 5.97 Å². The molecular weight excluding hydrogens is 182 g/mol. The van der Waals surface area contributed by atoms with Gasteiger partial charge < -0.3 is 9.84 Å². The number of carbonyl (C=O) groups is 1. The summed E-state index contributed by atoms with van der Waals surface area (Å²) < 4.78 is 5.30. The largest absolute Gasteiger partial charge is 0.491 e. The number of aromatic nitrogens is 1. The molecule has 0 saturated carbocycles. The van der Waals surface area contributed by atoms with Crippen molar-refractivity contribution in [2.45, 2.75) is 19.8 Å². The first kappa shape index (κ1) is 10.5. The van der Waals surface area contributed by atoms with Gasteiger partial charge in [0, 0.05) is 6.20 Å². The minimum atomic E-state index is -0.987. The molecule has 0 aromatic carbocycles. The molecular formula is C10H13NO3. The molecule has 0 aliphatic rings. The number of hydrogen-bond donors (Lipinski definition) is 1. The lowest BCUT2D eigenvalue weighted by Gasteiger charge is -2.06. The number of aromatic carboxylic acids is 1. The number of rotatable bonds is 5. The summed E-state index contributed by atoms with van der Waals surface area (Å²) in [4.78, 5) is 14.6. The quantitative estimate of drug-likeness (QED) is 0.729. The first-order valence-electron chi connectivity index (χ1n) is 4.55. The summed E-state index contributed by atoms with van der Waals surface area (Å²) in [7, 11) is 0. The highest BCUT2D eigenvalue weighted by atomic mass is 16.5. The van der Waals surface area contributed by atoms with Crippen LogP contribution >= 0.6 is 0 Å². The number of ether oxygens (including phenoxy) is 1. The smallest absolute Gasteiger partial charge is 0.339 e. The van der Waals surface area contributed by atoms with Gasteiger partial charge in [0.15, 0.2) is 5.75 Å². The van der Waals surface area contributed by atoms with Crippen molar-refractivity contribution in [2.75, 3.05) is 6.61 Å². The van der Waals surface area contributed by atoms with Crippen LogP contribution in [-0.4, -0.2) is 22.7 Å². The highest BCUT2D eigenvalue weighted by Crippen LogP contribution is 2.16. The van der Waals surface area contributed by atoms with Crippen LogP contribution in [0.4, 0.5) is 0 Å². The molecule has 4 heteroatoms. The molecule has 4 nitrogen and oxygen atoms in total. The van der Waals surface area contributed by atoms with Gasteiger partial charge in [-0.05, 0) is 12.5 Å². The summed E-state index contributed by atoms with van der Waals surface area (Å²) in [6.07, 6.45) is 4.80. The van der Waals surface area contributed by atoms with E-state index in [1.54, 1.807) is 0 Å². The van der Waals surface area contributed by atoms with E-state index in [2.05, 4.69) is 4.98 Å². The fraction of sp³-hybridized carbons (Fsp3) is 0.400. The zero-order chi connectivity index (χ0) is 10.4. The van der Waals surface area contributed by atoms with Gasteiger partial charge in [-0.2, -0.15) is 0 Å². The van der Waals surface area contributed by atoms with Crippen molar-refractivity contribution in [3.05, 3.63) is 24.0 Å². The zero-order valence-corrected chi connectivity index (χ0v) is 8.06. The molecule has 1 N–H and O–H groups in total. The fourth-order valence-electron chi connectivity index (χ4n) is 0.998. The lowest BCUT2D eigenvalue weighted by Crippen LogP contribution is -2.04. The Balaban J connectivity index is 2.69. The molecule has 0 amide bonds. The summed E-state index contributed by atoms with van der Waals surface area (Å²) >= 11 is 0. The van der Waals surface area contributed by atoms with E-state index in [0.29, 0.717) is 12.4 Å². The molecule has 0 bridgehead atoms. The summed E-state index contributed by atoms with van der Waals surface area (Å²) in [6.45, 7) is 2.58. The molecule has 76 valence electrons. The number of hydrogen-bond acceptors (Lipinski definition) is 3. The molecule has 0 aliphatic heterocycles. The van der Waals surface area contributed by atoms with Crippen LogP contribution in [0.1, 0.15) is 30.1 Å². The molecule has 14 heavy (non-hydrogen) atoms. The number of nitrogens with zero attached hydrogens (tertiary/aromatic N) is 1. The number of unbranched alkanes of at least 4 members (excludes halogenated alkanes) is 1. The molecule has 0 unspecified atom stereocenters. The van der Waals surface area contributed by atoms with E-state index in [1.807, 2.05) is 6.92 Å². The predicted molar refractivity (Wildman–Crippen MR) is 51.6 cm³/mol. The Hall–Kier alpha value is -1.58. The highest BCUT2D eigenvalue weighted by molar-refractivity contribution is 5.90. The van der Waals surface area contributed by atoms with E-state index in [9.17, 15) is 4.79 Å². The van der Waals surface area contributed by atoms with Crippen molar-refractivity contribution < 1.29 is 14.6 Å². The maximum absolute atomic E-state index is 10.7. The topological polar surface area (TPSA) is 59.4 Å². The summed E-state index contributed by atoms with van der Waals surface area (Å²) in [5.74, 6) is -0.646. The molecule has 0 saturated heterocycles. The highest BCUT2D eigenvalue weighted by Gasteiger charge is 2.09. The minimum absolute atomic E-state index is 0.163. The normalized spacial score (nSPS) is 9.79. The Bertz CT molecular complexity index is 312. The summed E-state index contributed by atoms with van der Waals surface area (Å²) in [6, 6.07) is 1.43. The van der Waals surface area contributed by atoms with E-state index in [1.165, 1.54) is 18.5 Å². The van der Waals surface area contributed by atoms with Gasteiger partial charge in [0.05, 0.1) is 12.8 Å². The van der Waals surface area contributed by atoms with Crippen LogP contribution in [0.3, 0.4) is 0 Å². The van der Waals surface area contributed by atoms with Gasteiger partial charge in [-0.1, -0.05) is 13.3 Å². The van der Waals surface area contributed by atoms with Crippen LogP contribution in [0.15, 0.2) is 18.5 Å². The van der Waals surface area contributed by atoms with Gasteiger partial charge in [-0.3, -0.25) is 4.98 Å². The standard InChI is InChI=1S/C10H13NO3/c1-2-3-6-14-9-7-11-5-4-8(9)10(12)13/h4-5,7H,2-3,6H2,1H3,(H,12,13). The number of carboxylic acid groups (broad SMARTS) is 1. The molecule has 1 aromatic rings. The third kappa shape index (κ3) is 2.73. The monoisotopic (exact) mass is 195 g/mol. The predicted octanol–water partition coefficient (Wildman–Crippen LogP) is 1.96. The molecule has 0 radical (unpaired) electrons. The Morgan fingerprint density at radius 3 is 3.07 bits per heavy atom. The number of carboxylic acids is 1. The first-order chi connectivity index (χ1) is 6.75. The van der Waals surface area contributed by atoms with Crippen LogP contribution in [0.2, 0.25) is 0 Å². The second-order valence-corrected chi connectivity index (χ2v) is 2.88. The molecule has 1 heterocycles. The minimum Gasteiger partial charge on any atom is -0.491 e. The van der Waals surface area contributed by atoms with E-state index < -0.39 is 5.97 Å². The van der Waals surface area contributed by atoms with Crippen molar-refractivity contribution in [1.29, 1.82) is 0 Å². The molecule has 0 spiro atoms. The molecule has 0 aliphatic carbocycles. The van der Waals surface area contributed by atoms with Crippen molar-refractivity contribution in [3.63, 3.8) is 0 Å². The molecule has 0 atom stereocenters.